The SMILES string of the molecule is CCc1ccc(C(=O)C(CC)Cn2ccnc2)cc1. The summed E-state index contributed by atoms with van der Waals surface area (Å²) >= 11 is 0. The van der Waals surface area contributed by atoms with E-state index in [2.05, 4.69) is 18.8 Å². The molecule has 1 unspecified atom stereocenters. The van der Waals surface area contributed by atoms with E-state index >= 15 is 0 Å². The first-order chi connectivity index (χ1) is 9.24. The normalized spacial score (nSPS) is 12.3. The Morgan fingerprint density at radius 1 is 1.26 bits per heavy atom. The van der Waals surface area contributed by atoms with Gasteiger partial charge in [0.15, 0.2) is 5.78 Å². The van der Waals surface area contributed by atoms with Crippen LogP contribution >= 0.6 is 0 Å². The van der Waals surface area contributed by atoms with Gasteiger partial charge in [0, 0.05) is 30.4 Å². The van der Waals surface area contributed by atoms with Crippen LogP contribution in [0, 0.1) is 5.92 Å². The fourth-order valence-electron chi connectivity index (χ4n) is 2.19. The number of imidazole rings is 1. The topological polar surface area (TPSA) is 34.9 Å². The summed E-state index contributed by atoms with van der Waals surface area (Å²) in [6.07, 6.45) is 7.24. The van der Waals surface area contributed by atoms with Crippen molar-refractivity contribution in [2.24, 2.45) is 5.92 Å². The molecule has 1 aromatic heterocycles. The minimum absolute atomic E-state index is 0.0154. The predicted molar refractivity (Wildman–Crippen MR) is 76.2 cm³/mol. The molecule has 0 aliphatic heterocycles. The molecular weight excluding hydrogens is 236 g/mol. The third-order valence-electron chi connectivity index (χ3n) is 3.50. The molecule has 100 valence electrons. The second kappa shape index (κ2) is 6.32. The summed E-state index contributed by atoms with van der Waals surface area (Å²) in [6, 6.07) is 7.96. The fraction of sp³-hybridized carbons (Fsp3) is 0.375. The van der Waals surface area contributed by atoms with E-state index in [9.17, 15) is 4.79 Å². The molecule has 0 aliphatic rings. The zero-order valence-electron chi connectivity index (χ0n) is 11.5. The smallest absolute Gasteiger partial charge is 0.167 e. The highest BCUT2D eigenvalue weighted by molar-refractivity contribution is 5.97. The Balaban J connectivity index is 2.10. The molecule has 1 heterocycles. The van der Waals surface area contributed by atoms with Crippen molar-refractivity contribution >= 4 is 5.78 Å². The molecule has 3 heteroatoms. The van der Waals surface area contributed by atoms with E-state index in [-0.39, 0.29) is 11.7 Å². The number of aromatic nitrogens is 2. The van der Waals surface area contributed by atoms with E-state index in [1.165, 1.54) is 5.56 Å². The maximum atomic E-state index is 12.5. The van der Waals surface area contributed by atoms with Gasteiger partial charge >= 0.3 is 0 Å². The van der Waals surface area contributed by atoms with Crippen LogP contribution in [0.5, 0.6) is 0 Å². The minimum Gasteiger partial charge on any atom is -0.337 e. The highest BCUT2D eigenvalue weighted by Gasteiger charge is 2.18. The van der Waals surface area contributed by atoms with Crippen molar-refractivity contribution < 1.29 is 4.79 Å². The van der Waals surface area contributed by atoms with Crippen LogP contribution in [0.3, 0.4) is 0 Å². The molecule has 2 aromatic rings. The lowest BCUT2D eigenvalue weighted by molar-refractivity contribution is 0.0903. The van der Waals surface area contributed by atoms with Crippen molar-refractivity contribution in [3.63, 3.8) is 0 Å². The standard InChI is InChI=1S/C16H20N2O/c1-3-13-5-7-15(8-6-13)16(19)14(4-2)11-18-10-9-17-12-18/h5-10,12,14H,3-4,11H2,1-2H3. The number of benzene rings is 1. The largest absolute Gasteiger partial charge is 0.337 e. The molecule has 3 nitrogen and oxygen atoms in total. The third kappa shape index (κ3) is 3.31. The van der Waals surface area contributed by atoms with Crippen molar-refractivity contribution in [1.82, 2.24) is 9.55 Å². The molecule has 0 aliphatic carbocycles. The predicted octanol–water partition coefficient (Wildman–Crippen LogP) is 3.35. The Bertz CT molecular complexity index is 514. The maximum absolute atomic E-state index is 12.5. The first-order valence-electron chi connectivity index (χ1n) is 6.83. The van der Waals surface area contributed by atoms with Crippen molar-refractivity contribution in [3.8, 4) is 0 Å². The van der Waals surface area contributed by atoms with Crippen LogP contribution in [0.2, 0.25) is 0 Å². The summed E-state index contributed by atoms with van der Waals surface area (Å²) in [5.74, 6) is 0.237. The molecule has 19 heavy (non-hydrogen) atoms. The first kappa shape index (κ1) is 13.5. The molecule has 0 fully saturated rings. The number of Topliss-reactive ketones (excluding diaryl/α,β-unsaturated/α-hetero) is 1. The van der Waals surface area contributed by atoms with Gasteiger partial charge in [-0.1, -0.05) is 38.1 Å². The minimum atomic E-state index is 0.0154. The molecule has 1 aromatic carbocycles. The van der Waals surface area contributed by atoms with Crippen LogP contribution in [-0.2, 0) is 13.0 Å². The van der Waals surface area contributed by atoms with Gasteiger partial charge < -0.3 is 4.57 Å². The maximum Gasteiger partial charge on any atom is 0.167 e. The van der Waals surface area contributed by atoms with Crippen molar-refractivity contribution in [1.29, 1.82) is 0 Å². The molecular formula is C16H20N2O. The van der Waals surface area contributed by atoms with Gasteiger partial charge in [-0.15, -0.1) is 0 Å². The number of hydrogen-bond donors (Lipinski definition) is 0. The van der Waals surface area contributed by atoms with Gasteiger partial charge in [-0.3, -0.25) is 4.79 Å². The first-order valence-corrected chi connectivity index (χ1v) is 6.83. The van der Waals surface area contributed by atoms with Crippen molar-refractivity contribution in [2.45, 2.75) is 33.2 Å². The Labute approximate surface area is 114 Å². The Kier molecular flexibility index (Phi) is 4.50. The van der Waals surface area contributed by atoms with Gasteiger partial charge in [0.25, 0.3) is 0 Å². The number of aryl methyl sites for hydroxylation is 1. The van der Waals surface area contributed by atoms with Gasteiger partial charge in [0.1, 0.15) is 0 Å². The molecule has 0 N–H and O–H groups in total. The number of carbonyl (C=O) groups is 1. The Hall–Kier alpha value is -1.90. The lowest BCUT2D eigenvalue weighted by Gasteiger charge is -2.14. The summed E-state index contributed by atoms with van der Waals surface area (Å²) < 4.78 is 1.96. The number of rotatable bonds is 6. The zero-order valence-corrected chi connectivity index (χ0v) is 11.5. The lowest BCUT2D eigenvalue weighted by atomic mass is 9.94. The van der Waals surface area contributed by atoms with E-state index in [0.29, 0.717) is 6.54 Å². The molecule has 0 amide bonds. The van der Waals surface area contributed by atoms with Crippen LogP contribution in [0.25, 0.3) is 0 Å². The second-order valence-electron chi connectivity index (χ2n) is 4.78. The van der Waals surface area contributed by atoms with Crippen molar-refractivity contribution in [2.75, 3.05) is 0 Å². The van der Waals surface area contributed by atoms with Crippen LogP contribution in [0.1, 0.15) is 36.2 Å². The van der Waals surface area contributed by atoms with E-state index in [0.717, 1.165) is 18.4 Å². The molecule has 2 rings (SSSR count). The quantitative estimate of drug-likeness (QED) is 0.743. The fourth-order valence-corrected chi connectivity index (χ4v) is 2.19. The summed E-state index contributed by atoms with van der Waals surface area (Å²) in [6.45, 7) is 4.87. The highest BCUT2D eigenvalue weighted by atomic mass is 16.1. The van der Waals surface area contributed by atoms with Gasteiger partial charge in [0.05, 0.1) is 6.33 Å². The number of ketones is 1. The average molecular weight is 256 g/mol. The molecule has 0 saturated carbocycles. The molecule has 0 spiro atoms. The van der Waals surface area contributed by atoms with Crippen LogP contribution in [-0.4, -0.2) is 15.3 Å². The summed E-state index contributed by atoms with van der Waals surface area (Å²) in [5, 5.41) is 0. The van der Waals surface area contributed by atoms with Gasteiger partial charge in [-0.2, -0.15) is 0 Å². The van der Waals surface area contributed by atoms with Crippen LogP contribution in [0.4, 0.5) is 0 Å². The lowest BCUT2D eigenvalue weighted by Crippen LogP contribution is -2.19. The van der Waals surface area contributed by atoms with Crippen LogP contribution in [0.15, 0.2) is 43.0 Å². The van der Waals surface area contributed by atoms with Gasteiger partial charge in [-0.05, 0) is 18.4 Å². The molecule has 1 atom stereocenters. The van der Waals surface area contributed by atoms with Gasteiger partial charge in [-0.25, -0.2) is 4.98 Å². The van der Waals surface area contributed by atoms with Crippen LogP contribution < -0.4 is 0 Å². The third-order valence-corrected chi connectivity index (χ3v) is 3.50. The highest BCUT2D eigenvalue weighted by Crippen LogP contribution is 2.15. The summed E-state index contributed by atoms with van der Waals surface area (Å²) in [5.41, 5.74) is 2.07. The van der Waals surface area contributed by atoms with E-state index in [1.807, 2.05) is 35.0 Å². The number of carbonyl (C=O) groups excluding carboxylic acids is 1. The summed E-state index contributed by atoms with van der Waals surface area (Å²) in [7, 11) is 0. The Morgan fingerprint density at radius 3 is 2.53 bits per heavy atom. The summed E-state index contributed by atoms with van der Waals surface area (Å²) in [4.78, 5) is 16.5. The van der Waals surface area contributed by atoms with Gasteiger partial charge in [0.2, 0.25) is 0 Å². The molecule has 0 bridgehead atoms. The number of nitrogens with zero attached hydrogens (tertiary/aromatic N) is 2. The molecule has 0 radical (unpaired) electrons. The average Bonchev–Trinajstić information content (AvgIpc) is 2.97. The Morgan fingerprint density at radius 2 is 2.00 bits per heavy atom. The zero-order chi connectivity index (χ0) is 13.7. The monoisotopic (exact) mass is 256 g/mol. The second-order valence-corrected chi connectivity index (χ2v) is 4.78. The van der Waals surface area contributed by atoms with E-state index in [4.69, 9.17) is 0 Å². The van der Waals surface area contributed by atoms with Crippen molar-refractivity contribution in [3.05, 3.63) is 54.1 Å². The number of hydrogen-bond acceptors (Lipinski definition) is 2. The van der Waals surface area contributed by atoms with E-state index in [1.54, 1.807) is 12.5 Å². The molecule has 0 saturated heterocycles. The van der Waals surface area contributed by atoms with E-state index < -0.39 is 0 Å².